The molecule has 3 rings (SSSR count). The van der Waals surface area contributed by atoms with Gasteiger partial charge in [-0.1, -0.05) is 5.16 Å². The Morgan fingerprint density at radius 2 is 1.93 bits per heavy atom. The Labute approximate surface area is 158 Å². The molecule has 8 heteroatoms. The fourth-order valence-electron chi connectivity index (χ4n) is 3.77. The topological polar surface area (TPSA) is 90.6 Å². The normalized spacial score (nSPS) is 17.0. The number of aromatic nitrogens is 2. The summed E-state index contributed by atoms with van der Waals surface area (Å²) in [6.07, 6.45) is 0.289. The van der Waals surface area contributed by atoms with Gasteiger partial charge in [0.2, 0.25) is 0 Å². The number of oxime groups is 1. The summed E-state index contributed by atoms with van der Waals surface area (Å²) in [5.74, 6) is -0.266. The molecule has 2 heterocycles. The Hall–Kier alpha value is -2.48. The first-order valence-corrected chi connectivity index (χ1v) is 10.3. The summed E-state index contributed by atoms with van der Waals surface area (Å²) < 4.78 is 27.3. The van der Waals surface area contributed by atoms with E-state index in [9.17, 15) is 13.2 Å². The molecule has 0 unspecified atom stereocenters. The molecule has 0 N–H and O–H groups in total. The molecule has 0 bridgehead atoms. The number of hydrogen-bond acceptors (Lipinski definition) is 6. The molecule has 1 aromatic carbocycles. The van der Waals surface area contributed by atoms with Crippen molar-refractivity contribution in [3.8, 4) is 0 Å². The summed E-state index contributed by atoms with van der Waals surface area (Å²) in [5.41, 5.74) is 4.55. The average Bonchev–Trinajstić information content (AvgIpc) is 2.84. The van der Waals surface area contributed by atoms with Crippen molar-refractivity contribution in [2.45, 2.75) is 39.0 Å². The van der Waals surface area contributed by atoms with Crippen LogP contribution in [0.2, 0.25) is 0 Å². The van der Waals surface area contributed by atoms with Crippen molar-refractivity contribution in [3.63, 3.8) is 0 Å². The van der Waals surface area contributed by atoms with Crippen LogP contribution in [0.25, 0.3) is 0 Å². The predicted molar refractivity (Wildman–Crippen MR) is 102 cm³/mol. The van der Waals surface area contributed by atoms with Crippen LogP contribution in [0.4, 0.5) is 0 Å². The van der Waals surface area contributed by atoms with Crippen LogP contribution in [0.5, 0.6) is 0 Å². The van der Waals surface area contributed by atoms with Gasteiger partial charge in [-0.25, -0.2) is 8.42 Å². The first kappa shape index (κ1) is 19.3. The minimum atomic E-state index is -3.51. The Morgan fingerprint density at radius 3 is 2.48 bits per heavy atom. The van der Waals surface area contributed by atoms with Gasteiger partial charge in [-0.2, -0.15) is 5.10 Å². The molecule has 1 aliphatic rings. The van der Waals surface area contributed by atoms with Gasteiger partial charge < -0.3 is 4.84 Å². The van der Waals surface area contributed by atoms with Crippen LogP contribution in [0.15, 0.2) is 16.1 Å². The maximum Gasteiger partial charge on any atom is 0.197 e. The lowest BCUT2D eigenvalue weighted by atomic mass is 9.91. The van der Waals surface area contributed by atoms with E-state index in [1.807, 2.05) is 6.92 Å². The highest BCUT2D eigenvalue weighted by atomic mass is 32.2. The highest BCUT2D eigenvalue weighted by Crippen LogP contribution is 2.34. The van der Waals surface area contributed by atoms with E-state index < -0.39 is 9.84 Å². The van der Waals surface area contributed by atoms with E-state index in [0.29, 0.717) is 39.2 Å². The first-order valence-electron chi connectivity index (χ1n) is 8.62. The molecule has 0 fully saturated rings. The molecule has 0 spiro atoms. The lowest BCUT2D eigenvalue weighted by Gasteiger charge is -2.23. The van der Waals surface area contributed by atoms with E-state index in [0.717, 1.165) is 5.69 Å². The number of carbonyl (C=O) groups excluding carboxylic acids is 1. The van der Waals surface area contributed by atoms with Crippen LogP contribution in [0.1, 0.15) is 50.4 Å². The second-order valence-electron chi connectivity index (χ2n) is 6.86. The highest BCUT2D eigenvalue weighted by molar-refractivity contribution is 7.91. The summed E-state index contributed by atoms with van der Waals surface area (Å²) in [6, 6.07) is 1.74. The fourth-order valence-corrected chi connectivity index (χ4v) is 5.60. The Balaban J connectivity index is 2.31. The van der Waals surface area contributed by atoms with E-state index >= 15 is 0 Å². The van der Waals surface area contributed by atoms with E-state index in [-0.39, 0.29) is 22.9 Å². The second kappa shape index (κ2) is 6.60. The molecule has 0 aliphatic carbocycles. The van der Waals surface area contributed by atoms with Gasteiger partial charge in [0.05, 0.1) is 27.6 Å². The van der Waals surface area contributed by atoms with E-state index in [4.69, 9.17) is 4.84 Å². The molecule has 27 heavy (non-hydrogen) atoms. The molecule has 7 nitrogen and oxygen atoms in total. The van der Waals surface area contributed by atoms with Gasteiger partial charge in [-0.05, 0) is 44.9 Å². The van der Waals surface area contributed by atoms with Gasteiger partial charge in [-0.3, -0.25) is 9.48 Å². The minimum Gasteiger partial charge on any atom is -0.399 e. The van der Waals surface area contributed by atoms with Gasteiger partial charge in [0, 0.05) is 30.3 Å². The number of aryl methyl sites for hydroxylation is 3. The molecular weight excluding hydrogens is 366 g/mol. The van der Waals surface area contributed by atoms with Crippen molar-refractivity contribution in [2.75, 3.05) is 12.9 Å². The number of nitrogens with zero attached hydrogens (tertiary/aromatic N) is 3. The monoisotopic (exact) mass is 389 g/mol. The van der Waals surface area contributed by atoms with Crippen LogP contribution >= 0.6 is 0 Å². The molecule has 0 atom stereocenters. The van der Waals surface area contributed by atoms with Crippen molar-refractivity contribution in [1.29, 1.82) is 0 Å². The molecular formula is C19H23N3O4S. The lowest BCUT2D eigenvalue weighted by Crippen LogP contribution is -2.26. The van der Waals surface area contributed by atoms with Crippen molar-refractivity contribution in [2.24, 2.45) is 12.2 Å². The number of hydrogen-bond donors (Lipinski definition) is 0. The van der Waals surface area contributed by atoms with E-state index in [1.54, 1.807) is 38.6 Å². The molecule has 144 valence electrons. The summed E-state index contributed by atoms with van der Waals surface area (Å²) in [5, 5.41) is 8.31. The standard InChI is InChI=1S/C19H23N3O4S/c1-10-9-14(18(23)17-12(3)20-22(5)13(17)4)11(2)19-16(10)15(21-26-6)7-8-27(19,24)25/h9H,7-8H2,1-6H3/b21-15-. The smallest absolute Gasteiger partial charge is 0.197 e. The van der Waals surface area contributed by atoms with Crippen molar-refractivity contribution in [1.82, 2.24) is 9.78 Å². The predicted octanol–water partition coefficient (Wildman–Crippen LogP) is 2.41. The third-order valence-electron chi connectivity index (χ3n) is 5.12. The Morgan fingerprint density at radius 1 is 1.26 bits per heavy atom. The van der Waals surface area contributed by atoms with E-state index in [1.165, 1.54) is 7.11 Å². The van der Waals surface area contributed by atoms with Crippen LogP contribution in [0.3, 0.4) is 0 Å². The third-order valence-corrected chi connectivity index (χ3v) is 6.99. The maximum absolute atomic E-state index is 13.3. The largest absolute Gasteiger partial charge is 0.399 e. The van der Waals surface area contributed by atoms with Crippen molar-refractivity contribution < 1.29 is 18.0 Å². The number of carbonyl (C=O) groups is 1. The number of ketones is 1. The molecule has 0 amide bonds. The fraction of sp³-hybridized carbons (Fsp3) is 0.421. The van der Waals surface area contributed by atoms with Gasteiger partial charge in [0.1, 0.15) is 7.11 Å². The van der Waals surface area contributed by atoms with Crippen LogP contribution in [0, 0.1) is 27.7 Å². The SMILES string of the molecule is CO/N=C1/CCS(=O)(=O)c2c(C)c(C(=O)c3c(C)nn(C)c3C)cc(C)c21. The number of rotatable bonds is 3. The zero-order valence-electron chi connectivity index (χ0n) is 16.4. The van der Waals surface area contributed by atoms with Crippen molar-refractivity contribution in [3.05, 3.63) is 45.3 Å². The Kier molecular flexibility index (Phi) is 4.71. The zero-order valence-corrected chi connectivity index (χ0v) is 17.2. The quantitative estimate of drug-likeness (QED) is 0.594. The number of sulfone groups is 1. The summed E-state index contributed by atoms with van der Waals surface area (Å²) >= 11 is 0. The van der Waals surface area contributed by atoms with Gasteiger partial charge >= 0.3 is 0 Å². The zero-order chi connectivity index (χ0) is 20.1. The molecule has 1 aliphatic heterocycles. The number of benzene rings is 1. The summed E-state index contributed by atoms with van der Waals surface area (Å²) in [7, 11) is -0.295. The first-order chi connectivity index (χ1) is 12.6. The summed E-state index contributed by atoms with van der Waals surface area (Å²) in [4.78, 5) is 18.4. The van der Waals surface area contributed by atoms with Crippen molar-refractivity contribution >= 4 is 21.3 Å². The van der Waals surface area contributed by atoms with Gasteiger partial charge in [0.15, 0.2) is 15.6 Å². The molecule has 1 aromatic heterocycles. The molecule has 0 saturated heterocycles. The van der Waals surface area contributed by atoms with Crippen LogP contribution in [-0.2, 0) is 21.7 Å². The average molecular weight is 389 g/mol. The number of fused-ring (bicyclic) bond motifs is 1. The third kappa shape index (κ3) is 2.97. The molecule has 2 aromatic rings. The van der Waals surface area contributed by atoms with Crippen LogP contribution in [-0.4, -0.2) is 42.6 Å². The summed E-state index contributed by atoms with van der Waals surface area (Å²) in [6.45, 7) is 7.08. The molecule has 0 saturated carbocycles. The minimum absolute atomic E-state index is 0.0505. The van der Waals surface area contributed by atoms with Gasteiger partial charge in [-0.15, -0.1) is 0 Å². The van der Waals surface area contributed by atoms with Crippen LogP contribution < -0.4 is 0 Å². The van der Waals surface area contributed by atoms with E-state index in [2.05, 4.69) is 10.3 Å². The van der Waals surface area contributed by atoms with Gasteiger partial charge in [0.25, 0.3) is 0 Å². The lowest BCUT2D eigenvalue weighted by molar-refractivity contribution is 0.103. The maximum atomic E-state index is 13.3. The highest BCUT2D eigenvalue weighted by Gasteiger charge is 2.34. The second-order valence-corrected chi connectivity index (χ2v) is 8.90. The Bertz CT molecular complexity index is 1090. The molecule has 0 radical (unpaired) electrons.